The largest absolute Gasteiger partial charge is 0.496 e. The average molecular weight is 445 g/mol. The highest BCUT2D eigenvalue weighted by molar-refractivity contribution is 6.33. The quantitative estimate of drug-likeness (QED) is 0.326. The van der Waals surface area contributed by atoms with Crippen LogP contribution in [-0.4, -0.2) is 29.1 Å². The summed E-state index contributed by atoms with van der Waals surface area (Å²) < 4.78 is 10.8. The molecule has 0 fully saturated rings. The summed E-state index contributed by atoms with van der Waals surface area (Å²) >= 11 is 5.96. The van der Waals surface area contributed by atoms with Gasteiger partial charge in [0.1, 0.15) is 22.3 Å². The summed E-state index contributed by atoms with van der Waals surface area (Å²) in [5.74, 6) is 0.217. The molecule has 3 rings (SSSR count). The Hall–Kier alpha value is -4.25. The number of nitrogens with zero attached hydrogens (tertiary/aromatic N) is 3. The zero-order valence-electron chi connectivity index (χ0n) is 15.8. The number of nitrogens with one attached hydrogen (secondary N) is 1. The molecule has 0 unspecified atom stereocenters. The number of amides is 1. The van der Waals surface area contributed by atoms with Gasteiger partial charge in [-0.25, -0.2) is 5.43 Å². The molecule has 0 spiro atoms. The van der Waals surface area contributed by atoms with Crippen LogP contribution in [0.2, 0.25) is 5.02 Å². The summed E-state index contributed by atoms with van der Waals surface area (Å²) in [6.07, 6.45) is 1.24. The molecule has 158 valence electrons. The Labute approximate surface area is 179 Å². The highest BCUT2D eigenvalue weighted by atomic mass is 35.5. The van der Waals surface area contributed by atoms with Crippen molar-refractivity contribution in [2.75, 3.05) is 7.11 Å². The lowest BCUT2D eigenvalue weighted by Crippen LogP contribution is -2.17. The van der Waals surface area contributed by atoms with Crippen molar-refractivity contribution in [3.8, 4) is 17.1 Å². The van der Waals surface area contributed by atoms with Gasteiger partial charge in [0.25, 0.3) is 17.3 Å². The molecule has 0 saturated carbocycles. The van der Waals surface area contributed by atoms with E-state index >= 15 is 0 Å². The van der Waals surface area contributed by atoms with Crippen LogP contribution in [0.15, 0.2) is 58.0 Å². The minimum absolute atomic E-state index is 0.0808. The highest BCUT2D eigenvalue weighted by Gasteiger charge is 2.20. The van der Waals surface area contributed by atoms with Crippen LogP contribution in [0, 0.1) is 20.2 Å². The number of methoxy groups -OCH3 is 1. The molecule has 0 radical (unpaired) electrons. The van der Waals surface area contributed by atoms with Crippen molar-refractivity contribution >= 4 is 35.1 Å². The van der Waals surface area contributed by atoms with Crippen LogP contribution in [0.4, 0.5) is 11.4 Å². The van der Waals surface area contributed by atoms with E-state index < -0.39 is 15.8 Å². The van der Waals surface area contributed by atoms with Crippen molar-refractivity contribution in [3.05, 3.63) is 85.1 Å². The maximum absolute atomic E-state index is 12.0. The van der Waals surface area contributed by atoms with Crippen LogP contribution >= 0.6 is 11.6 Å². The van der Waals surface area contributed by atoms with Gasteiger partial charge in [-0.3, -0.25) is 25.0 Å². The Kier molecular flexibility index (Phi) is 6.26. The van der Waals surface area contributed by atoms with E-state index in [0.29, 0.717) is 11.3 Å². The Balaban J connectivity index is 1.73. The monoisotopic (exact) mass is 444 g/mol. The number of rotatable bonds is 7. The maximum Gasteiger partial charge on any atom is 0.291 e. The standard InChI is InChI=1S/C19H13ClN4O7/c1-30-18-9-16(24(28)29)15(20)8-14(18)17-7-6-13(31-17)10-21-22-19(25)11-2-4-12(5-3-11)23(26)27/h2-10H,1H3,(H,22,25)/b21-10-. The fourth-order valence-corrected chi connectivity index (χ4v) is 2.80. The maximum atomic E-state index is 12.0. The average Bonchev–Trinajstić information content (AvgIpc) is 3.22. The van der Waals surface area contributed by atoms with E-state index in [2.05, 4.69) is 10.5 Å². The van der Waals surface area contributed by atoms with Crippen LogP contribution in [0.25, 0.3) is 11.3 Å². The number of carbonyl (C=O) groups is 1. The highest BCUT2D eigenvalue weighted by Crippen LogP contribution is 2.38. The number of carbonyl (C=O) groups excluding carboxylic acids is 1. The SMILES string of the molecule is COc1cc([N+](=O)[O-])c(Cl)cc1-c1ccc(/C=N\NC(=O)c2ccc([N+](=O)[O-])cc2)o1. The molecular weight excluding hydrogens is 432 g/mol. The number of benzene rings is 2. The van der Waals surface area contributed by atoms with E-state index in [-0.39, 0.29) is 33.5 Å². The predicted molar refractivity (Wildman–Crippen MR) is 111 cm³/mol. The molecular formula is C19H13ClN4O7. The van der Waals surface area contributed by atoms with Crippen LogP contribution in [0.3, 0.4) is 0 Å². The van der Waals surface area contributed by atoms with Gasteiger partial charge in [0, 0.05) is 17.7 Å². The number of hydrogen-bond acceptors (Lipinski definition) is 8. The predicted octanol–water partition coefficient (Wildman–Crippen LogP) is 4.19. The third-order valence-electron chi connectivity index (χ3n) is 4.06. The lowest BCUT2D eigenvalue weighted by Gasteiger charge is -2.07. The molecule has 0 saturated heterocycles. The van der Waals surface area contributed by atoms with E-state index in [9.17, 15) is 25.0 Å². The summed E-state index contributed by atoms with van der Waals surface area (Å²) in [5, 5.41) is 25.4. The Morgan fingerprint density at radius 3 is 2.45 bits per heavy atom. The molecule has 0 bridgehead atoms. The summed E-state index contributed by atoms with van der Waals surface area (Å²) in [6.45, 7) is 0. The van der Waals surface area contributed by atoms with Crippen LogP contribution in [0.5, 0.6) is 5.75 Å². The lowest BCUT2D eigenvalue weighted by molar-refractivity contribution is -0.385. The van der Waals surface area contributed by atoms with E-state index in [4.69, 9.17) is 20.8 Å². The van der Waals surface area contributed by atoms with Crippen molar-refractivity contribution < 1.29 is 23.8 Å². The number of non-ortho nitro benzene ring substituents is 1. The van der Waals surface area contributed by atoms with Crippen molar-refractivity contribution in [3.63, 3.8) is 0 Å². The second kappa shape index (κ2) is 9.05. The zero-order chi connectivity index (χ0) is 22.5. The Morgan fingerprint density at radius 1 is 1.13 bits per heavy atom. The Bertz CT molecular complexity index is 1190. The van der Waals surface area contributed by atoms with E-state index in [1.807, 2.05) is 0 Å². The van der Waals surface area contributed by atoms with Crippen LogP contribution in [0.1, 0.15) is 16.1 Å². The summed E-state index contributed by atoms with van der Waals surface area (Å²) in [7, 11) is 1.36. The van der Waals surface area contributed by atoms with Gasteiger partial charge in [-0.1, -0.05) is 11.6 Å². The number of furan rings is 1. The topological polar surface area (TPSA) is 150 Å². The smallest absolute Gasteiger partial charge is 0.291 e. The van der Waals surface area contributed by atoms with Gasteiger partial charge in [-0.15, -0.1) is 0 Å². The van der Waals surface area contributed by atoms with Gasteiger partial charge < -0.3 is 9.15 Å². The van der Waals surface area contributed by atoms with Gasteiger partial charge >= 0.3 is 0 Å². The first kappa shape index (κ1) is 21.5. The minimum atomic E-state index is -0.623. The second-order valence-electron chi connectivity index (χ2n) is 5.97. The lowest BCUT2D eigenvalue weighted by atomic mass is 10.1. The van der Waals surface area contributed by atoms with Gasteiger partial charge in [0.05, 0.1) is 34.8 Å². The second-order valence-corrected chi connectivity index (χ2v) is 6.37. The Morgan fingerprint density at radius 2 is 1.84 bits per heavy atom. The van der Waals surface area contributed by atoms with E-state index in [1.54, 1.807) is 12.1 Å². The number of ether oxygens (including phenoxy) is 1. The van der Waals surface area contributed by atoms with Crippen LogP contribution < -0.4 is 10.2 Å². The number of hydrazone groups is 1. The van der Waals surface area contributed by atoms with Crippen molar-refractivity contribution in [2.45, 2.75) is 0 Å². The first-order valence-corrected chi connectivity index (χ1v) is 8.88. The van der Waals surface area contributed by atoms with Crippen molar-refractivity contribution in [1.82, 2.24) is 5.43 Å². The van der Waals surface area contributed by atoms with Crippen molar-refractivity contribution in [1.29, 1.82) is 0 Å². The van der Waals surface area contributed by atoms with E-state index in [0.717, 1.165) is 0 Å². The molecule has 11 nitrogen and oxygen atoms in total. The molecule has 1 amide bonds. The molecule has 0 atom stereocenters. The van der Waals surface area contributed by atoms with Gasteiger partial charge in [0.15, 0.2) is 0 Å². The molecule has 1 aromatic heterocycles. The zero-order valence-corrected chi connectivity index (χ0v) is 16.5. The number of halogens is 1. The molecule has 1 heterocycles. The normalized spacial score (nSPS) is 10.8. The molecule has 0 aliphatic carbocycles. The minimum Gasteiger partial charge on any atom is -0.496 e. The molecule has 0 aliphatic heterocycles. The fourth-order valence-electron chi connectivity index (χ4n) is 2.56. The van der Waals surface area contributed by atoms with Crippen molar-refractivity contribution in [2.24, 2.45) is 5.10 Å². The third kappa shape index (κ3) is 4.85. The van der Waals surface area contributed by atoms with Gasteiger partial charge in [-0.05, 0) is 30.3 Å². The number of nitro benzene ring substituents is 2. The van der Waals surface area contributed by atoms with E-state index in [1.165, 1.54) is 49.7 Å². The van der Waals surface area contributed by atoms with Crippen LogP contribution in [-0.2, 0) is 0 Å². The first-order chi connectivity index (χ1) is 14.8. The molecule has 12 heteroatoms. The number of nitro groups is 2. The fraction of sp³-hybridized carbons (Fsp3) is 0.0526. The first-order valence-electron chi connectivity index (χ1n) is 8.50. The third-order valence-corrected chi connectivity index (χ3v) is 4.36. The molecule has 0 aliphatic rings. The summed E-state index contributed by atoms with van der Waals surface area (Å²) in [6, 6.07) is 10.7. The molecule has 1 N–H and O–H groups in total. The van der Waals surface area contributed by atoms with Gasteiger partial charge in [-0.2, -0.15) is 5.10 Å². The molecule has 3 aromatic rings. The molecule has 31 heavy (non-hydrogen) atoms. The summed E-state index contributed by atoms with van der Waals surface area (Å²) in [5.41, 5.74) is 2.43. The van der Waals surface area contributed by atoms with Gasteiger partial charge in [0.2, 0.25) is 0 Å². The summed E-state index contributed by atoms with van der Waals surface area (Å²) in [4.78, 5) is 32.5. The molecule has 2 aromatic carbocycles. The number of hydrogen-bond donors (Lipinski definition) is 1.